The van der Waals surface area contributed by atoms with Crippen molar-refractivity contribution in [3.63, 3.8) is 0 Å². The lowest BCUT2D eigenvalue weighted by Gasteiger charge is -2.47. The molecule has 3 atom stereocenters. The van der Waals surface area contributed by atoms with E-state index in [9.17, 15) is 5.11 Å². The Morgan fingerprint density at radius 3 is 1.84 bits per heavy atom. The Morgan fingerprint density at radius 2 is 1.27 bits per heavy atom. The van der Waals surface area contributed by atoms with E-state index in [0.29, 0.717) is 31.2 Å². The van der Waals surface area contributed by atoms with E-state index < -0.39 is 11.2 Å². The van der Waals surface area contributed by atoms with Gasteiger partial charge in [-0.05, 0) is 80.5 Å². The van der Waals surface area contributed by atoms with Crippen molar-refractivity contribution in [2.24, 2.45) is 17.8 Å². The van der Waals surface area contributed by atoms with Gasteiger partial charge in [-0.2, -0.15) is 0 Å². The number of nitrogens with zero attached hydrogens (tertiary/aromatic N) is 1. The van der Waals surface area contributed by atoms with Crippen molar-refractivity contribution in [3.05, 3.63) is 71.8 Å². The molecule has 3 heterocycles. The molecule has 3 unspecified atom stereocenters. The summed E-state index contributed by atoms with van der Waals surface area (Å²) in [5, 5.41) is 12.4. The zero-order valence-electron chi connectivity index (χ0n) is 22.4. The minimum atomic E-state index is -0.980. The highest BCUT2D eigenvalue weighted by Crippen LogP contribution is 2.47. The third-order valence-corrected chi connectivity index (χ3v) is 10.2. The largest absolute Gasteiger partial charge is 0.382 e. The molecule has 4 heteroatoms. The van der Waals surface area contributed by atoms with E-state index in [4.69, 9.17) is 9.47 Å². The minimum Gasteiger partial charge on any atom is -0.382 e. The van der Waals surface area contributed by atoms with Gasteiger partial charge in [0.15, 0.2) is 0 Å². The summed E-state index contributed by atoms with van der Waals surface area (Å²) in [5.74, 6) is 1.30. The van der Waals surface area contributed by atoms with Crippen LogP contribution in [0.15, 0.2) is 60.7 Å². The predicted octanol–water partition coefficient (Wildman–Crippen LogP) is 6.28. The molecule has 3 saturated heterocycles. The Bertz CT molecular complexity index is 979. The van der Waals surface area contributed by atoms with Crippen LogP contribution in [0.2, 0.25) is 0 Å². The summed E-state index contributed by atoms with van der Waals surface area (Å²) in [6, 6.07) is 21.1. The average molecular weight is 504 g/mol. The van der Waals surface area contributed by atoms with Crippen LogP contribution in [0.5, 0.6) is 0 Å². The van der Waals surface area contributed by atoms with Crippen LogP contribution in [0.4, 0.5) is 0 Å². The molecule has 2 aromatic carbocycles. The monoisotopic (exact) mass is 503 g/mol. The molecule has 0 spiro atoms. The Hall–Kier alpha value is -1.72. The molecule has 0 amide bonds. The Morgan fingerprint density at radius 1 is 0.703 bits per heavy atom. The number of rotatable bonds is 10. The van der Waals surface area contributed by atoms with Crippen LogP contribution in [-0.4, -0.2) is 49.0 Å². The quantitative estimate of drug-likeness (QED) is 0.414. The van der Waals surface area contributed by atoms with E-state index in [2.05, 4.69) is 47.4 Å². The highest BCUT2D eigenvalue weighted by molar-refractivity contribution is 5.27. The van der Waals surface area contributed by atoms with E-state index >= 15 is 0 Å². The van der Waals surface area contributed by atoms with Crippen molar-refractivity contribution in [1.82, 2.24) is 4.90 Å². The van der Waals surface area contributed by atoms with Gasteiger partial charge in [0, 0.05) is 6.54 Å². The minimum absolute atomic E-state index is 0.231. The average Bonchev–Trinajstić information content (AvgIpc) is 3.71. The molecule has 2 aliphatic carbocycles. The maximum absolute atomic E-state index is 12.4. The first-order valence-corrected chi connectivity index (χ1v) is 15.0. The Kier molecular flexibility index (Phi) is 7.72. The molecule has 200 valence electrons. The lowest BCUT2D eigenvalue weighted by Crippen LogP contribution is -2.53. The summed E-state index contributed by atoms with van der Waals surface area (Å²) < 4.78 is 14.1. The van der Waals surface area contributed by atoms with Crippen molar-refractivity contribution < 1.29 is 14.6 Å². The van der Waals surface area contributed by atoms with Crippen molar-refractivity contribution in [2.75, 3.05) is 32.8 Å². The van der Waals surface area contributed by atoms with Crippen molar-refractivity contribution in [1.29, 1.82) is 0 Å². The van der Waals surface area contributed by atoms with Gasteiger partial charge < -0.3 is 19.5 Å². The summed E-state index contributed by atoms with van der Waals surface area (Å²) in [4.78, 5) is 2.57. The van der Waals surface area contributed by atoms with Crippen LogP contribution in [-0.2, 0) is 20.7 Å². The van der Waals surface area contributed by atoms with Gasteiger partial charge in [0.25, 0.3) is 0 Å². The molecule has 4 nitrogen and oxygen atoms in total. The SMILES string of the molecule is OC(COC(COC1CN2CCC1CC2)(c1ccccc1)C1CCCC1)(c1ccccc1)C1CCCC1. The molecule has 5 fully saturated rings. The third-order valence-electron chi connectivity index (χ3n) is 10.2. The number of fused-ring (bicyclic) bond motifs is 3. The van der Waals surface area contributed by atoms with Gasteiger partial charge in [-0.25, -0.2) is 0 Å². The molecule has 0 aromatic heterocycles. The standard InChI is InChI=1S/C33H45NO3/c35-32(28-13-7-8-14-28,27-11-3-1-4-12-27)24-37-33(30-17-9-10-18-30,29-15-5-2-6-16-29)25-36-31-23-34-21-19-26(31)20-22-34/h1-6,11-12,15-16,26,28,30-31,35H,7-10,13-14,17-25H2. The first kappa shape index (κ1) is 25.6. The second kappa shape index (κ2) is 11.2. The summed E-state index contributed by atoms with van der Waals surface area (Å²) in [6.07, 6.45) is 12.1. The molecule has 37 heavy (non-hydrogen) atoms. The molecule has 7 rings (SSSR count). The summed E-state index contributed by atoms with van der Waals surface area (Å²) >= 11 is 0. The second-order valence-corrected chi connectivity index (χ2v) is 12.3. The number of piperidine rings is 3. The van der Waals surface area contributed by atoms with Crippen LogP contribution in [0, 0.1) is 17.8 Å². The molecule has 1 N–H and O–H groups in total. The van der Waals surface area contributed by atoms with Gasteiger partial charge in [0.2, 0.25) is 0 Å². The Balaban J connectivity index is 1.32. The van der Waals surface area contributed by atoms with Gasteiger partial charge in [-0.15, -0.1) is 0 Å². The Labute approximate surface area is 223 Å². The molecule has 2 bridgehead atoms. The van der Waals surface area contributed by atoms with E-state index in [1.807, 2.05) is 18.2 Å². The van der Waals surface area contributed by atoms with Crippen LogP contribution >= 0.6 is 0 Å². The van der Waals surface area contributed by atoms with Gasteiger partial charge in [0.05, 0.1) is 19.3 Å². The maximum Gasteiger partial charge on any atom is 0.119 e. The summed E-state index contributed by atoms with van der Waals surface area (Å²) in [6.45, 7) is 4.39. The van der Waals surface area contributed by atoms with Crippen molar-refractivity contribution >= 4 is 0 Å². The molecule has 3 aliphatic heterocycles. The molecule has 5 aliphatic rings. The topological polar surface area (TPSA) is 41.9 Å². The molecule has 0 radical (unpaired) electrons. The lowest BCUT2D eigenvalue weighted by atomic mass is 9.78. The van der Waals surface area contributed by atoms with Gasteiger partial charge >= 0.3 is 0 Å². The number of ether oxygens (including phenoxy) is 2. The molecule has 2 aromatic rings. The predicted molar refractivity (Wildman–Crippen MR) is 147 cm³/mol. The highest BCUT2D eigenvalue weighted by Gasteiger charge is 2.48. The smallest absolute Gasteiger partial charge is 0.119 e. The number of hydrogen-bond acceptors (Lipinski definition) is 4. The second-order valence-electron chi connectivity index (χ2n) is 12.3. The van der Waals surface area contributed by atoms with Gasteiger partial charge in [-0.1, -0.05) is 86.3 Å². The normalized spacial score (nSPS) is 29.8. The van der Waals surface area contributed by atoms with Crippen LogP contribution in [0.25, 0.3) is 0 Å². The molecular weight excluding hydrogens is 458 g/mol. The zero-order valence-corrected chi connectivity index (χ0v) is 22.4. The first-order chi connectivity index (χ1) is 18.2. The number of benzene rings is 2. The van der Waals surface area contributed by atoms with E-state index in [0.717, 1.165) is 37.8 Å². The molecule has 2 saturated carbocycles. The summed E-state index contributed by atoms with van der Waals surface area (Å²) in [7, 11) is 0. The lowest BCUT2D eigenvalue weighted by molar-refractivity contribution is -0.205. The number of hydrogen-bond donors (Lipinski definition) is 1. The van der Waals surface area contributed by atoms with E-state index in [1.165, 1.54) is 57.2 Å². The van der Waals surface area contributed by atoms with E-state index in [-0.39, 0.29) is 5.92 Å². The first-order valence-electron chi connectivity index (χ1n) is 15.0. The van der Waals surface area contributed by atoms with Crippen LogP contribution in [0.3, 0.4) is 0 Å². The zero-order chi connectivity index (χ0) is 25.1. The summed E-state index contributed by atoms with van der Waals surface area (Å²) in [5.41, 5.74) is 0.690. The van der Waals surface area contributed by atoms with Crippen LogP contribution < -0.4 is 0 Å². The van der Waals surface area contributed by atoms with Crippen molar-refractivity contribution in [2.45, 2.75) is 81.5 Å². The van der Waals surface area contributed by atoms with Crippen LogP contribution in [0.1, 0.15) is 75.3 Å². The molecular formula is C33H45NO3. The fraction of sp³-hybridized carbons (Fsp3) is 0.636. The fourth-order valence-electron chi connectivity index (χ4n) is 7.93. The fourth-order valence-corrected chi connectivity index (χ4v) is 7.93. The third kappa shape index (κ3) is 5.15. The maximum atomic E-state index is 12.4. The van der Waals surface area contributed by atoms with E-state index in [1.54, 1.807) is 0 Å². The number of aliphatic hydroxyl groups is 1. The van der Waals surface area contributed by atoms with Crippen molar-refractivity contribution in [3.8, 4) is 0 Å². The van der Waals surface area contributed by atoms with Gasteiger partial charge in [-0.3, -0.25) is 0 Å². The van der Waals surface area contributed by atoms with Gasteiger partial charge in [0.1, 0.15) is 11.2 Å². The highest BCUT2D eigenvalue weighted by atomic mass is 16.6.